The van der Waals surface area contributed by atoms with Gasteiger partial charge in [-0.15, -0.1) is 0 Å². The molecule has 3 aromatic rings. The lowest BCUT2D eigenvalue weighted by molar-refractivity contribution is -0.0978. The fourth-order valence-corrected chi connectivity index (χ4v) is 4.31. The van der Waals surface area contributed by atoms with Gasteiger partial charge in [-0.25, -0.2) is 21.6 Å². The number of H-pyrrole nitrogens is 1. The fourth-order valence-electron chi connectivity index (χ4n) is 3.29. The number of sulfone groups is 1. The Hall–Kier alpha value is -2.80. The van der Waals surface area contributed by atoms with Crippen LogP contribution in [-0.2, 0) is 16.3 Å². The van der Waals surface area contributed by atoms with Crippen molar-refractivity contribution in [1.29, 1.82) is 0 Å². The van der Waals surface area contributed by atoms with Gasteiger partial charge in [-0.3, -0.25) is 5.10 Å². The minimum atomic E-state index is -6.03. The van der Waals surface area contributed by atoms with Crippen LogP contribution in [0.5, 0.6) is 11.5 Å². The summed E-state index contributed by atoms with van der Waals surface area (Å²) in [6.07, 6.45) is -2.83. The van der Waals surface area contributed by atoms with E-state index in [1.807, 2.05) is 0 Å². The zero-order valence-electron chi connectivity index (χ0n) is 14.5. The molecule has 1 atom stereocenters. The Morgan fingerprint density at radius 2 is 1.90 bits per heavy atom. The molecule has 0 radical (unpaired) electrons. The highest BCUT2D eigenvalue weighted by Gasteiger charge is 2.55. The predicted octanol–water partition coefficient (Wildman–Crippen LogP) is 4.01. The number of hydrogen-bond acceptors (Lipinski definition) is 5. The van der Waals surface area contributed by atoms with Crippen molar-refractivity contribution in [2.75, 3.05) is 0 Å². The third kappa shape index (κ3) is 2.99. The molecule has 1 unspecified atom stereocenters. The van der Waals surface area contributed by atoms with Crippen LogP contribution in [0.25, 0.3) is 10.9 Å². The van der Waals surface area contributed by atoms with Gasteiger partial charge in [-0.2, -0.15) is 18.3 Å². The molecular formula is C17H10F6N2O4S. The van der Waals surface area contributed by atoms with Gasteiger partial charge in [0, 0.05) is 23.6 Å². The van der Waals surface area contributed by atoms with E-state index in [0.29, 0.717) is 6.07 Å². The van der Waals surface area contributed by atoms with Gasteiger partial charge < -0.3 is 9.84 Å². The minimum absolute atomic E-state index is 0.197. The van der Waals surface area contributed by atoms with E-state index in [1.54, 1.807) is 0 Å². The molecule has 2 aromatic carbocycles. The van der Waals surface area contributed by atoms with Crippen molar-refractivity contribution in [2.45, 2.75) is 28.9 Å². The van der Waals surface area contributed by atoms with Crippen molar-refractivity contribution in [3.63, 3.8) is 0 Å². The molecule has 6 nitrogen and oxygen atoms in total. The van der Waals surface area contributed by atoms with Crippen LogP contribution < -0.4 is 4.74 Å². The minimum Gasteiger partial charge on any atom is -0.456 e. The van der Waals surface area contributed by atoms with Crippen molar-refractivity contribution in [3.8, 4) is 11.5 Å². The molecule has 4 rings (SSSR count). The van der Waals surface area contributed by atoms with Gasteiger partial charge in [0.25, 0.3) is 15.8 Å². The predicted molar refractivity (Wildman–Crippen MR) is 89.4 cm³/mol. The zero-order valence-corrected chi connectivity index (χ0v) is 15.3. The molecule has 160 valence electrons. The number of hydrogen-bond donors (Lipinski definition) is 2. The highest BCUT2D eigenvalue weighted by molar-refractivity contribution is 7.92. The number of nitrogens with one attached hydrogen (secondary N) is 1. The summed E-state index contributed by atoms with van der Waals surface area (Å²) in [5.74, 6) is -5.36. The number of halogens is 6. The number of aromatic amines is 1. The quantitative estimate of drug-likeness (QED) is 0.586. The normalized spacial score (nSPS) is 18.6. The fraction of sp³-hybridized carbons (Fsp3) is 0.235. The topological polar surface area (TPSA) is 92.3 Å². The molecule has 1 aromatic heterocycles. The summed E-state index contributed by atoms with van der Waals surface area (Å²) >= 11 is 0. The molecule has 0 spiro atoms. The molecule has 1 aliphatic rings. The molecule has 0 amide bonds. The number of alkyl halides is 5. The number of fused-ring (bicyclic) bond motifs is 2. The third-order valence-electron chi connectivity index (χ3n) is 4.66. The Balaban J connectivity index is 1.91. The number of aliphatic hydroxyl groups excluding tert-OH is 1. The number of aliphatic hydroxyl groups is 1. The first-order valence-electron chi connectivity index (χ1n) is 8.16. The van der Waals surface area contributed by atoms with Crippen LogP contribution in [0.3, 0.4) is 0 Å². The molecule has 13 heteroatoms. The Morgan fingerprint density at radius 3 is 2.57 bits per heavy atom. The van der Waals surface area contributed by atoms with E-state index in [-0.39, 0.29) is 16.7 Å². The lowest BCUT2D eigenvalue weighted by Gasteiger charge is -2.17. The van der Waals surface area contributed by atoms with E-state index < -0.39 is 61.4 Å². The summed E-state index contributed by atoms with van der Waals surface area (Å²) < 4.78 is 110. The third-order valence-corrected chi connectivity index (χ3v) is 6.20. The average molecular weight is 452 g/mol. The highest BCUT2D eigenvalue weighted by atomic mass is 32.2. The first-order chi connectivity index (χ1) is 13.8. The van der Waals surface area contributed by atoms with E-state index in [2.05, 4.69) is 10.2 Å². The van der Waals surface area contributed by atoms with Crippen LogP contribution in [0.2, 0.25) is 0 Å². The highest BCUT2D eigenvalue weighted by Crippen LogP contribution is 2.51. The first kappa shape index (κ1) is 20.5. The van der Waals surface area contributed by atoms with Crippen LogP contribution >= 0.6 is 0 Å². The second kappa shape index (κ2) is 6.35. The maximum absolute atomic E-state index is 14.1. The summed E-state index contributed by atoms with van der Waals surface area (Å²) in [7, 11) is -6.03. The van der Waals surface area contributed by atoms with Crippen molar-refractivity contribution < 1.29 is 44.6 Å². The standard InChI is InChI=1S/C17H10F6N2O4S/c18-7-3-10-9(6-24-25-10)12(4-7)29-11-1-2-13(30(27,28)17(21,22)23)14-8(11)5-16(19,20)15(14)26/h1-4,6,15,26H,5H2,(H,24,25). The van der Waals surface area contributed by atoms with E-state index in [4.69, 9.17) is 4.74 Å². The van der Waals surface area contributed by atoms with Gasteiger partial charge in [-0.05, 0) is 18.2 Å². The van der Waals surface area contributed by atoms with Gasteiger partial charge in [0.2, 0.25) is 0 Å². The Labute approximate surface area is 164 Å². The smallest absolute Gasteiger partial charge is 0.456 e. The average Bonchev–Trinajstić information content (AvgIpc) is 3.17. The Morgan fingerprint density at radius 1 is 1.20 bits per heavy atom. The van der Waals surface area contributed by atoms with Crippen molar-refractivity contribution in [2.24, 2.45) is 0 Å². The molecule has 1 aliphatic carbocycles. The van der Waals surface area contributed by atoms with E-state index >= 15 is 0 Å². The molecule has 0 aliphatic heterocycles. The Kier molecular flexibility index (Phi) is 4.33. The molecule has 0 bridgehead atoms. The van der Waals surface area contributed by atoms with Crippen molar-refractivity contribution in [1.82, 2.24) is 10.2 Å². The van der Waals surface area contributed by atoms with E-state index in [0.717, 1.165) is 18.2 Å². The molecule has 30 heavy (non-hydrogen) atoms. The molecule has 0 fully saturated rings. The van der Waals surface area contributed by atoms with Crippen LogP contribution in [-0.4, -0.2) is 35.2 Å². The Bertz CT molecular complexity index is 1270. The van der Waals surface area contributed by atoms with E-state index in [9.17, 15) is 39.9 Å². The van der Waals surface area contributed by atoms with Crippen LogP contribution in [0.4, 0.5) is 26.3 Å². The molecule has 2 N–H and O–H groups in total. The monoisotopic (exact) mass is 452 g/mol. The second-order valence-electron chi connectivity index (χ2n) is 6.58. The molecule has 1 heterocycles. The van der Waals surface area contributed by atoms with Crippen LogP contribution in [0, 0.1) is 5.82 Å². The summed E-state index contributed by atoms with van der Waals surface area (Å²) in [4.78, 5) is -1.49. The summed E-state index contributed by atoms with van der Waals surface area (Å²) in [5, 5.41) is 16.3. The summed E-state index contributed by atoms with van der Waals surface area (Å²) in [6.45, 7) is 0. The van der Waals surface area contributed by atoms with Gasteiger partial charge in [0.15, 0.2) is 0 Å². The first-order valence-corrected chi connectivity index (χ1v) is 9.65. The molecular weight excluding hydrogens is 442 g/mol. The zero-order chi connectivity index (χ0) is 22.1. The molecule has 0 saturated carbocycles. The largest absolute Gasteiger partial charge is 0.501 e. The summed E-state index contributed by atoms with van der Waals surface area (Å²) in [5.41, 5.74) is -7.30. The number of ether oxygens (including phenoxy) is 1. The lowest BCUT2D eigenvalue weighted by Crippen LogP contribution is -2.26. The number of rotatable bonds is 3. The molecule has 0 saturated heterocycles. The van der Waals surface area contributed by atoms with Crippen LogP contribution in [0.15, 0.2) is 35.4 Å². The lowest BCUT2D eigenvalue weighted by atomic mass is 10.1. The van der Waals surface area contributed by atoms with Crippen LogP contribution in [0.1, 0.15) is 17.2 Å². The van der Waals surface area contributed by atoms with Gasteiger partial charge >= 0.3 is 5.51 Å². The van der Waals surface area contributed by atoms with Gasteiger partial charge in [0.1, 0.15) is 23.4 Å². The maximum atomic E-state index is 14.1. The van der Waals surface area contributed by atoms with Crippen molar-refractivity contribution >= 4 is 20.7 Å². The number of nitrogens with zero attached hydrogens (tertiary/aromatic N) is 1. The summed E-state index contributed by atoms with van der Waals surface area (Å²) in [6, 6.07) is 3.15. The SMILES string of the molecule is O=S(=O)(c1ccc(Oc2cc(F)cc3[nH]ncc23)c2c1C(O)C(F)(F)C2)C(F)(F)F. The van der Waals surface area contributed by atoms with Gasteiger partial charge in [0.05, 0.1) is 22.0 Å². The second-order valence-corrected chi connectivity index (χ2v) is 8.49. The number of benzene rings is 2. The number of aromatic nitrogens is 2. The van der Waals surface area contributed by atoms with E-state index in [1.165, 1.54) is 6.20 Å². The van der Waals surface area contributed by atoms with Crippen molar-refractivity contribution in [3.05, 3.63) is 47.4 Å². The van der Waals surface area contributed by atoms with Gasteiger partial charge in [-0.1, -0.05) is 0 Å². The maximum Gasteiger partial charge on any atom is 0.501 e.